The highest BCUT2D eigenvalue weighted by Crippen LogP contribution is 2.45. The molecule has 3 aromatic carbocycles. The van der Waals surface area contributed by atoms with Gasteiger partial charge in [-0.1, -0.05) is 24.3 Å². The highest BCUT2D eigenvalue weighted by Gasteiger charge is 2.47. The van der Waals surface area contributed by atoms with E-state index < -0.39 is 29.5 Å². The summed E-state index contributed by atoms with van der Waals surface area (Å²) in [6.07, 6.45) is 0. The molecule has 1 amide bonds. The minimum atomic E-state index is -1.06. The first-order chi connectivity index (χ1) is 18.4. The van der Waals surface area contributed by atoms with E-state index in [1.54, 1.807) is 67.6 Å². The van der Waals surface area contributed by atoms with Crippen molar-refractivity contribution in [2.45, 2.75) is 13.0 Å². The molecule has 9 heteroatoms. The van der Waals surface area contributed by atoms with Crippen molar-refractivity contribution in [2.75, 3.05) is 32.8 Å². The summed E-state index contributed by atoms with van der Waals surface area (Å²) in [5, 5.41) is 11.6. The largest absolute Gasteiger partial charge is 0.506 e. The average molecular weight is 518 g/mol. The Morgan fingerprint density at radius 1 is 0.895 bits per heavy atom. The van der Waals surface area contributed by atoms with E-state index in [4.69, 9.17) is 18.9 Å². The number of aliphatic hydroxyl groups excluding tert-OH is 1. The molecule has 1 unspecified atom stereocenters. The summed E-state index contributed by atoms with van der Waals surface area (Å²) >= 11 is 0. The van der Waals surface area contributed by atoms with Gasteiger partial charge in [-0.15, -0.1) is 0 Å². The maximum atomic E-state index is 13.5. The number of benzene rings is 3. The molecule has 0 saturated carbocycles. The fraction of sp³-hybridized carbons (Fsp3) is 0.207. The molecule has 9 nitrogen and oxygen atoms in total. The van der Waals surface area contributed by atoms with Crippen molar-refractivity contribution in [3.63, 3.8) is 0 Å². The lowest BCUT2D eigenvalue weighted by molar-refractivity contribution is -0.132. The van der Waals surface area contributed by atoms with E-state index in [1.165, 1.54) is 32.3 Å². The standard InChI is InChI=1S/C29H27NO8/c1-5-38-29(34)18-10-6-11-19(15-18)30-25(17-9-7-12-20(16-17)35-2)24(27(32)28(30)33)26(31)23-21(36-3)13-8-14-22(23)37-4/h6-16,25,31H,5H2,1-4H3/b26-24+. The molecule has 0 aromatic heterocycles. The zero-order valence-electron chi connectivity index (χ0n) is 21.4. The van der Waals surface area contributed by atoms with Gasteiger partial charge in [0.2, 0.25) is 0 Å². The Kier molecular flexibility index (Phi) is 7.66. The molecule has 1 heterocycles. The fourth-order valence-corrected chi connectivity index (χ4v) is 4.44. The van der Waals surface area contributed by atoms with Crippen molar-refractivity contribution in [3.05, 3.63) is 89.0 Å². The predicted molar refractivity (Wildman–Crippen MR) is 140 cm³/mol. The normalized spacial score (nSPS) is 16.3. The predicted octanol–water partition coefficient (Wildman–Crippen LogP) is 4.52. The Bertz CT molecular complexity index is 1410. The third-order valence-corrected chi connectivity index (χ3v) is 6.15. The molecule has 0 spiro atoms. The van der Waals surface area contributed by atoms with Crippen LogP contribution in [-0.2, 0) is 14.3 Å². The Balaban J connectivity index is 1.99. The molecule has 1 N–H and O–H groups in total. The van der Waals surface area contributed by atoms with E-state index in [-0.39, 0.29) is 40.5 Å². The SMILES string of the molecule is CCOC(=O)c1cccc(N2C(=O)C(=O)/C(=C(/O)c3c(OC)cccc3OC)C2c2cccc(OC)c2)c1. The topological polar surface area (TPSA) is 112 Å². The van der Waals surface area contributed by atoms with Crippen LogP contribution in [-0.4, -0.2) is 50.7 Å². The van der Waals surface area contributed by atoms with Crippen molar-refractivity contribution >= 4 is 29.1 Å². The van der Waals surface area contributed by atoms with Crippen molar-refractivity contribution in [1.82, 2.24) is 0 Å². The third-order valence-electron chi connectivity index (χ3n) is 6.15. The highest BCUT2D eigenvalue weighted by atomic mass is 16.5. The summed E-state index contributed by atoms with van der Waals surface area (Å²) < 4.78 is 21.3. The van der Waals surface area contributed by atoms with E-state index in [2.05, 4.69) is 0 Å². The number of Topliss-reactive ketones (excluding diaryl/α,β-unsaturated/α-hetero) is 1. The van der Waals surface area contributed by atoms with Crippen LogP contribution in [0.25, 0.3) is 5.76 Å². The molecule has 0 radical (unpaired) electrons. The quantitative estimate of drug-likeness (QED) is 0.201. The second-order valence-electron chi connectivity index (χ2n) is 8.25. The average Bonchev–Trinajstić information content (AvgIpc) is 3.22. The lowest BCUT2D eigenvalue weighted by Crippen LogP contribution is -2.29. The smallest absolute Gasteiger partial charge is 0.338 e. The molecular formula is C29H27NO8. The van der Waals surface area contributed by atoms with Gasteiger partial charge in [-0.25, -0.2) is 4.79 Å². The lowest BCUT2D eigenvalue weighted by Gasteiger charge is -2.26. The lowest BCUT2D eigenvalue weighted by atomic mass is 9.94. The van der Waals surface area contributed by atoms with E-state index in [1.807, 2.05) is 0 Å². The van der Waals surface area contributed by atoms with E-state index in [9.17, 15) is 19.5 Å². The highest BCUT2D eigenvalue weighted by molar-refractivity contribution is 6.51. The van der Waals surface area contributed by atoms with Gasteiger partial charge in [0.15, 0.2) is 0 Å². The molecule has 4 rings (SSSR count). The monoisotopic (exact) mass is 517 g/mol. The van der Waals surface area contributed by atoms with Gasteiger partial charge in [-0.2, -0.15) is 0 Å². The van der Waals surface area contributed by atoms with Gasteiger partial charge in [0.05, 0.1) is 45.1 Å². The first kappa shape index (κ1) is 26.3. The molecule has 0 aliphatic carbocycles. The number of ether oxygens (including phenoxy) is 4. The molecule has 1 aliphatic heterocycles. The number of esters is 1. The van der Waals surface area contributed by atoms with E-state index >= 15 is 0 Å². The van der Waals surface area contributed by atoms with Gasteiger partial charge in [-0.3, -0.25) is 14.5 Å². The Morgan fingerprint density at radius 3 is 2.18 bits per heavy atom. The zero-order chi connectivity index (χ0) is 27.4. The Labute approximate surface area is 219 Å². The molecule has 1 aliphatic rings. The van der Waals surface area contributed by atoms with Crippen LogP contribution in [0.1, 0.15) is 34.5 Å². The summed E-state index contributed by atoms with van der Waals surface area (Å²) in [6, 6.07) is 16.9. The van der Waals surface area contributed by atoms with Gasteiger partial charge in [0, 0.05) is 5.69 Å². The first-order valence-corrected chi connectivity index (χ1v) is 11.8. The number of rotatable bonds is 8. The number of carbonyl (C=O) groups excluding carboxylic acids is 3. The Hall–Kier alpha value is -4.79. The van der Waals surface area contributed by atoms with Gasteiger partial charge in [0.1, 0.15) is 28.6 Å². The van der Waals surface area contributed by atoms with Crippen LogP contribution in [0, 0.1) is 0 Å². The number of ketones is 1. The van der Waals surface area contributed by atoms with Gasteiger partial charge in [-0.05, 0) is 55.0 Å². The van der Waals surface area contributed by atoms with Crippen LogP contribution in [0.4, 0.5) is 5.69 Å². The van der Waals surface area contributed by atoms with E-state index in [0.29, 0.717) is 11.3 Å². The number of aliphatic hydroxyl groups is 1. The molecule has 196 valence electrons. The molecule has 38 heavy (non-hydrogen) atoms. The Morgan fingerprint density at radius 2 is 1.55 bits per heavy atom. The summed E-state index contributed by atoms with van der Waals surface area (Å²) in [5.41, 5.74) is 0.940. The van der Waals surface area contributed by atoms with E-state index in [0.717, 1.165) is 0 Å². The third kappa shape index (κ3) is 4.66. The summed E-state index contributed by atoms with van der Waals surface area (Å²) in [7, 11) is 4.34. The minimum absolute atomic E-state index is 0.128. The number of methoxy groups -OCH3 is 3. The first-order valence-electron chi connectivity index (χ1n) is 11.8. The fourth-order valence-electron chi connectivity index (χ4n) is 4.44. The summed E-state index contributed by atoms with van der Waals surface area (Å²) in [5.74, 6) is -1.83. The van der Waals surface area contributed by atoms with Crippen LogP contribution in [0.5, 0.6) is 17.2 Å². The van der Waals surface area contributed by atoms with Crippen molar-refractivity contribution in [2.24, 2.45) is 0 Å². The van der Waals surface area contributed by atoms with Crippen LogP contribution >= 0.6 is 0 Å². The second-order valence-corrected chi connectivity index (χ2v) is 8.25. The number of nitrogens with zero attached hydrogens (tertiary/aromatic N) is 1. The number of anilines is 1. The van der Waals surface area contributed by atoms with Gasteiger partial charge in [0.25, 0.3) is 11.7 Å². The summed E-state index contributed by atoms with van der Waals surface area (Å²) in [4.78, 5) is 40.7. The molecular weight excluding hydrogens is 490 g/mol. The van der Waals surface area contributed by atoms with Crippen LogP contribution < -0.4 is 19.1 Å². The number of amides is 1. The molecule has 3 aromatic rings. The van der Waals surface area contributed by atoms with Crippen molar-refractivity contribution in [1.29, 1.82) is 0 Å². The second kappa shape index (κ2) is 11.1. The summed E-state index contributed by atoms with van der Waals surface area (Å²) in [6.45, 7) is 1.87. The maximum Gasteiger partial charge on any atom is 0.338 e. The molecule has 1 saturated heterocycles. The van der Waals surface area contributed by atoms with Crippen LogP contribution in [0.3, 0.4) is 0 Å². The van der Waals surface area contributed by atoms with Gasteiger partial charge < -0.3 is 24.1 Å². The van der Waals surface area contributed by atoms with Crippen LogP contribution in [0.15, 0.2) is 72.3 Å². The molecule has 1 fully saturated rings. The number of hydrogen-bond donors (Lipinski definition) is 1. The zero-order valence-corrected chi connectivity index (χ0v) is 21.4. The number of carbonyl (C=O) groups is 3. The van der Waals surface area contributed by atoms with Crippen molar-refractivity contribution < 1.29 is 38.4 Å². The van der Waals surface area contributed by atoms with Crippen LogP contribution in [0.2, 0.25) is 0 Å². The van der Waals surface area contributed by atoms with Gasteiger partial charge >= 0.3 is 5.97 Å². The molecule has 0 bridgehead atoms. The minimum Gasteiger partial charge on any atom is -0.506 e. The number of hydrogen-bond acceptors (Lipinski definition) is 8. The molecule has 1 atom stereocenters. The van der Waals surface area contributed by atoms with Crippen molar-refractivity contribution in [3.8, 4) is 17.2 Å². The maximum absolute atomic E-state index is 13.5.